The normalized spacial score (nSPS) is 16.8. The van der Waals surface area contributed by atoms with Crippen LogP contribution in [-0.4, -0.2) is 26.2 Å². The molecule has 0 saturated carbocycles. The van der Waals surface area contributed by atoms with Gasteiger partial charge in [-0.25, -0.2) is 4.98 Å². The second-order valence-corrected chi connectivity index (χ2v) is 6.10. The molecule has 1 aromatic heterocycles. The van der Waals surface area contributed by atoms with Crippen LogP contribution in [0.1, 0.15) is 30.0 Å². The molecule has 1 aliphatic heterocycles. The van der Waals surface area contributed by atoms with E-state index in [1.807, 2.05) is 0 Å². The van der Waals surface area contributed by atoms with Gasteiger partial charge >= 0.3 is 11.8 Å². The Kier molecular flexibility index (Phi) is 3.66. The number of amides is 1. The van der Waals surface area contributed by atoms with Gasteiger partial charge in [0.2, 0.25) is 0 Å². The minimum atomic E-state index is -3.72. The topological polar surface area (TPSA) is 79.2 Å². The molecule has 132 valence electrons. The molecule has 1 N–H and O–H groups in total. The maximum absolute atomic E-state index is 14.6. The van der Waals surface area contributed by atoms with Crippen LogP contribution in [0.3, 0.4) is 0 Å². The third kappa shape index (κ3) is 2.41. The molecule has 0 radical (unpaired) electrons. The van der Waals surface area contributed by atoms with E-state index >= 15 is 0 Å². The summed E-state index contributed by atoms with van der Waals surface area (Å²) in [5.74, 6) is -4.92. The molecule has 26 heavy (non-hydrogen) atoms. The first-order valence-electron chi connectivity index (χ1n) is 7.99. The fourth-order valence-corrected chi connectivity index (χ4v) is 3.14. The average Bonchev–Trinajstić information content (AvgIpc) is 2.82. The number of aromatic nitrogens is 3. The summed E-state index contributed by atoms with van der Waals surface area (Å²) in [4.78, 5) is 17.6. The molecule has 0 bridgehead atoms. The van der Waals surface area contributed by atoms with E-state index < -0.39 is 23.5 Å². The summed E-state index contributed by atoms with van der Waals surface area (Å²) in [6.07, 6.45) is -1.12. The number of carbonyl (C=O) groups excluding carboxylic acids is 1. The van der Waals surface area contributed by atoms with Crippen molar-refractivity contribution in [2.75, 3.05) is 4.90 Å². The highest BCUT2D eigenvalue weighted by molar-refractivity contribution is 6.06. The first-order valence-corrected chi connectivity index (χ1v) is 7.99. The highest BCUT2D eigenvalue weighted by Crippen LogP contribution is 2.47. The van der Waals surface area contributed by atoms with Gasteiger partial charge in [0.05, 0.1) is 29.4 Å². The van der Waals surface area contributed by atoms with E-state index in [2.05, 4.69) is 15.2 Å². The highest BCUT2D eigenvalue weighted by Gasteiger charge is 2.54. The van der Waals surface area contributed by atoms with Gasteiger partial charge in [0.15, 0.2) is 5.82 Å². The number of para-hydroxylation sites is 1. The number of carbonyl (C=O) groups is 1. The van der Waals surface area contributed by atoms with E-state index in [0.717, 1.165) is 4.90 Å². The van der Waals surface area contributed by atoms with Crippen LogP contribution in [0, 0.1) is 0 Å². The fourth-order valence-electron chi connectivity index (χ4n) is 3.14. The van der Waals surface area contributed by atoms with Gasteiger partial charge in [0, 0.05) is 0 Å². The number of alkyl halides is 2. The number of hydrogen-bond donors (Lipinski definition) is 1. The van der Waals surface area contributed by atoms with Gasteiger partial charge in [0.25, 0.3) is 0 Å². The molecule has 6 nitrogen and oxygen atoms in total. The van der Waals surface area contributed by atoms with Crippen molar-refractivity contribution in [1.29, 1.82) is 0 Å². The number of aliphatic hydroxyl groups excluding tert-OH is 1. The number of rotatable bonds is 3. The Morgan fingerprint density at radius 1 is 1.12 bits per heavy atom. The number of benzene rings is 2. The molecular formula is C18H14F2N4O2. The van der Waals surface area contributed by atoms with Crippen molar-refractivity contribution in [3.8, 4) is 0 Å². The largest absolute Gasteiger partial charge is 0.389 e. The molecule has 4 rings (SSSR count). The molecule has 3 aromatic rings. The minimum absolute atomic E-state index is 0.0286. The lowest BCUT2D eigenvalue weighted by atomic mass is 9.99. The van der Waals surface area contributed by atoms with Gasteiger partial charge in [-0.1, -0.05) is 24.3 Å². The number of nitrogens with zero attached hydrogens (tertiary/aromatic N) is 4. The summed E-state index contributed by atoms with van der Waals surface area (Å²) < 4.78 is 29.2. The third-order valence-corrected chi connectivity index (χ3v) is 4.35. The Morgan fingerprint density at radius 3 is 2.58 bits per heavy atom. The van der Waals surface area contributed by atoms with Gasteiger partial charge in [-0.2, -0.15) is 8.78 Å². The van der Waals surface area contributed by atoms with Gasteiger partial charge < -0.3 is 5.11 Å². The number of anilines is 1. The maximum Gasteiger partial charge on any atom is 0.352 e. The average molecular weight is 356 g/mol. The zero-order valence-electron chi connectivity index (χ0n) is 13.7. The lowest BCUT2D eigenvalue weighted by Crippen LogP contribution is -2.34. The number of halogens is 2. The highest BCUT2D eigenvalue weighted by atomic mass is 19.3. The first kappa shape index (κ1) is 16.5. The Balaban J connectivity index is 1.78. The predicted octanol–water partition coefficient (Wildman–Crippen LogP) is 2.72. The van der Waals surface area contributed by atoms with Crippen LogP contribution in [0.25, 0.3) is 11.0 Å². The Morgan fingerprint density at radius 2 is 1.85 bits per heavy atom. The summed E-state index contributed by atoms with van der Waals surface area (Å²) in [5, 5.41) is 17.7. The van der Waals surface area contributed by atoms with E-state index in [4.69, 9.17) is 0 Å². The minimum Gasteiger partial charge on any atom is -0.389 e. The summed E-state index contributed by atoms with van der Waals surface area (Å²) in [6, 6.07) is 11.4. The van der Waals surface area contributed by atoms with E-state index in [1.54, 1.807) is 24.3 Å². The van der Waals surface area contributed by atoms with Crippen LogP contribution in [0.4, 0.5) is 14.5 Å². The van der Waals surface area contributed by atoms with Crippen LogP contribution in [-0.2, 0) is 17.3 Å². The molecule has 2 aromatic carbocycles. The lowest BCUT2D eigenvalue weighted by Gasteiger charge is -2.16. The van der Waals surface area contributed by atoms with Crippen molar-refractivity contribution in [2.24, 2.45) is 0 Å². The Labute approximate surface area is 147 Å². The number of fused-ring (bicyclic) bond motifs is 2. The van der Waals surface area contributed by atoms with Crippen LogP contribution >= 0.6 is 0 Å². The number of hydrogen-bond acceptors (Lipinski definition) is 5. The first-order chi connectivity index (χ1) is 12.4. The van der Waals surface area contributed by atoms with E-state index in [9.17, 15) is 18.7 Å². The van der Waals surface area contributed by atoms with Crippen molar-refractivity contribution >= 4 is 22.6 Å². The Hall–Kier alpha value is -3.00. The van der Waals surface area contributed by atoms with E-state index in [0.29, 0.717) is 11.0 Å². The lowest BCUT2D eigenvalue weighted by molar-refractivity contribution is -0.141. The van der Waals surface area contributed by atoms with Gasteiger partial charge in [-0.15, -0.1) is 10.2 Å². The van der Waals surface area contributed by atoms with Crippen LogP contribution < -0.4 is 4.90 Å². The maximum atomic E-state index is 14.6. The Bertz CT molecular complexity index is 1020. The standard InChI is InChI=1S/C18H14F2N4O2/c1-10(25)11-5-4-8-14-16(11)18(19,20)17(26)24(14)9-15-21-12-6-2-3-7-13(12)22-23-15/h2-8,10,25H,9H2,1H3/t10-/m0/s1. The quantitative estimate of drug-likeness (QED) is 0.781. The molecule has 2 heterocycles. The van der Waals surface area contributed by atoms with E-state index in [1.165, 1.54) is 25.1 Å². The van der Waals surface area contributed by atoms with Crippen molar-refractivity contribution in [2.45, 2.75) is 25.5 Å². The van der Waals surface area contributed by atoms with Crippen LogP contribution in [0.5, 0.6) is 0 Å². The SMILES string of the molecule is C[C@H](O)c1cccc2c1C(F)(F)C(=O)N2Cc1nnc2ccccc2n1. The third-order valence-electron chi connectivity index (χ3n) is 4.35. The number of aliphatic hydroxyl groups is 1. The summed E-state index contributed by atoms with van der Waals surface area (Å²) in [5.41, 5.74) is 0.754. The van der Waals surface area contributed by atoms with Crippen molar-refractivity contribution in [1.82, 2.24) is 15.2 Å². The van der Waals surface area contributed by atoms with Crippen LogP contribution in [0.15, 0.2) is 42.5 Å². The van der Waals surface area contributed by atoms with Crippen molar-refractivity contribution in [3.05, 3.63) is 59.4 Å². The summed E-state index contributed by atoms with van der Waals surface area (Å²) >= 11 is 0. The smallest absolute Gasteiger partial charge is 0.352 e. The molecule has 0 spiro atoms. The van der Waals surface area contributed by atoms with Gasteiger partial charge in [-0.05, 0) is 30.7 Å². The van der Waals surface area contributed by atoms with Crippen molar-refractivity contribution in [3.63, 3.8) is 0 Å². The zero-order valence-corrected chi connectivity index (χ0v) is 13.7. The van der Waals surface area contributed by atoms with Crippen molar-refractivity contribution < 1.29 is 18.7 Å². The molecule has 8 heteroatoms. The molecule has 1 aliphatic rings. The van der Waals surface area contributed by atoms with Gasteiger partial charge in [-0.3, -0.25) is 9.69 Å². The zero-order chi connectivity index (χ0) is 18.5. The van der Waals surface area contributed by atoms with Crippen LogP contribution in [0.2, 0.25) is 0 Å². The van der Waals surface area contributed by atoms with Gasteiger partial charge in [0.1, 0.15) is 5.52 Å². The molecular weight excluding hydrogens is 342 g/mol. The monoisotopic (exact) mass is 356 g/mol. The molecule has 0 fully saturated rings. The molecule has 0 saturated heterocycles. The fraction of sp³-hybridized carbons (Fsp3) is 0.222. The molecule has 1 amide bonds. The summed E-state index contributed by atoms with van der Waals surface area (Å²) in [7, 11) is 0. The molecule has 0 unspecified atom stereocenters. The second kappa shape index (κ2) is 5.77. The predicted molar refractivity (Wildman–Crippen MR) is 89.5 cm³/mol. The summed E-state index contributed by atoms with van der Waals surface area (Å²) in [6.45, 7) is 1.15. The second-order valence-electron chi connectivity index (χ2n) is 6.10. The molecule has 0 aliphatic carbocycles. The van der Waals surface area contributed by atoms with E-state index in [-0.39, 0.29) is 23.6 Å². The molecule has 1 atom stereocenters.